The van der Waals surface area contributed by atoms with Gasteiger partial charge in [-0.25, -0.2) is 0 Å². The van der Waals surface area contributed by atoms with Crippen molar-refractivity contribution < 1.29 is 9.59 Å². The van der Waals surface area contributed by atoms with Crippen molar-refractivity contribution in [1.29, 1.82) is 0 Å². The smallest absolute Gasteiger partial charge is 0.253 e. The minimum absolute atomic E-state index is 0.128. The van der Waals surface area contributed by atoms with Crippen LogP contribution in [0.1, 0.15) is 22.8 Å². The van der Waals surface area contributed by atoms with Crippen LogP contribution in [0.2, 0.25) is 5.02 Å². The molecule has 0 aliphatic heterocycles. The van der Waals surface area contributed by atoms with Gasteiger partial charge >= 0.3 is 0 Å². The average molecular weight is 331 g/mol. The third-order valence-corrected chi connectivity index (χ3v) is 3.81. The minimum Gasteiger partial charge on any atom is -0.355 e. The first kappa shape index (κ1) is 17.0. The molecule has 2 aromatic rings. The van der Waals surface area contributed by atoms with Crippen LogP contribution < -0.4 is 10.6 Å². The van der Waals surface area contributed by atoms with Gasteiger partial charge in [-0.15, -0.1) is 0 Å². The highest BCUT2D eigenvalue weighted by Gasteiger charge is 2.17. The maximum absolute atomic E-state index is 12.4. The fourth-order valence-electron chi connectivity index (χ4n) is 2.25. The molecule has 0 aliphatic carbocycles. The number of halogens is 1. The Morgan fingerprint density at radius 1 is 1.09 bits per heavy atom. The summed E-state index contributed by atoms with van der Waals surface area (Å²) in [4.78, 5) is 24.2. The molecule has 1 unspecified atom stereocenters. The van der Waals surface area contributed by atoms with E-state index in [1.54, 1.807) is 31.3 Å². The molecule has 0 fully saturated rings. The van der Waals surface area contributed by atoms with Gasteiger partial charge in [-0.1, -0.05) is 42.8 Å². The van der Waals surface area contributed by atoms with Crippen molar-refractivity contribution in [3.8, 4) is 0 Å². The molecule has 0 saturated heterocycles. The van der Waals surface area contributed by atoms with E-state index in [0.717, 1.165) is 5.56 Å². The van der Waals surface area contributed by atoms with Gasteiger partial charge in [0.05, 0.1) is 11.3 Å². The van der Waals surface area contributed by atoms with Crippen molar-refractivity contribution in [1.82, 2.24) is 5.32 Å². The number of amides is 2. The Morgan fingerprint density at radius 3 is 2.39 bits per heavy atom. The summed E-state index contributed by atoms with van der Waals surface area (Å²) in [5, 5.41) is 6.07. The Labute approximate surface area is 140 Å². The SMILES string of the molecule is CNC(=O)c1ccccc1NC(=O)C(C)Cc1ccc(Cl)cc1. The van der Waals surface area contributed by atoms with Crippen molar-refractivity contribution in [2.45, 2.75) is 13.3 Å². The van der Waals surface area contributed by atoms with Crippen LogP contribution in [-0.4, -0.2) is 18.9 Å². The molecule has 0 radical (unpaired) electrons. The van der Waals surface area contributed by atoms with E-state index in [4.69, 9.17) is 11.6 Å². The van der Waals surface area contributed by atoms with Crippen LogP contribution in [0.25, 0.3) is 0 Å². The molecule has 0 spiro atoms. The van der Waals surface area contributed by atoms with Gasteiger partial charge in [-0.05, 0) is 36.2 Å². The Morgan fingerprint density at radius 2 is 1.74 bits per heavy atom. The zero-order chi connectivity index (χ0) is 16.8. The van der Waals surface area contributed by atoms with Crippen LogP contribution >= 0.6 is 11.6 Å². The summed E-state index contributed by atoms with van der Waals surface area (Å²) in [6.07, 6.45) is 0.602. The highest BCUT2D eigenvalue weighted by molar-refractivity contribution is 6.30. The molecule has 0 heterocycles. The van der Waals surface area contributed by atoms with Crippen LogP contribution in [0.15, 0.2) is 48.5 Å². The molecule has 2 N–H and O–H groups in total. The first-order chi connectivity index (χ1) is 11.0. The van der Waals surface area contributed by atoms with Crippen LogP contribution in [0.4, 0.5) is 5.69 Å². The molecule has 5 heteroatoms. The predicted molar refractivity (Wildman–Crippen MR) is 92.8 cm³/mol. The summed E-state index contributed by atoms with van der Waals surface area (Å²) in [6.45, 7) is 1.85. The van der Waals surface area contributed by atoms with E-state index in [1.807, 2.05) is 31.2 Å². The fraction of sp³-hybridized carbons (Fsp3) is 0.222. The quantitative estimate of drug-likeness (QED) is 0.881. The third-order valence-electron chi connectivity index (χ3n) is 3.56. The number of carbonyl (C=O) groups excluding carboxylic acids is 2. The number of para-hydroxylation sites is 1. The van der Waals surface area contributed by atoms with Crippen molar-refractivity contribution in [3.63, 3.8) is 0 Å². The third kappa shape index (κ3) is 4.57. The minimum atomic E-state index is -0.230. The first-order valence-corrected chi connectivity index (χ1v) is 7.75. The monoisotopic (exact) mass is 330 g/mol. The standard InChI is InChI=1S/C18H19ClN2O2/c1-12(11-13-7-9-14(19)10-8-13)17(22)21-16-6-4-3-5-15(16)18(23)20-2/h3-10,12H,11H2,1-2H3,(H,20,23)(H,21,22). The highest BCUT2D eigenvalue weighted by Crippen LogP contribution is 2.18. The lowest BCUT2D eigenvalue weighted by Crippen LogP contribution is -2.25. The zero-order valence-electron chi connectivity index (χ0n) is 13.1. The molecule has 2 amide bonds. The molecule has 120 valence electrons. The first-order valence-electron chi connectivity index (χ1n) is 7.37. The van der Waals surface area contributed by atoms with Crippen LogP contribution in [0.3, 0.4) is 0 Å². The molecule has 0 aromatic heterocycles. The number of hydrogen-bond acceptors (Lipinski definition) is 2. The van der Waals surface area contributed by atoms with Gasteiger partial charge in [-0.2, -0.15) is 0 Å². The molecule has 2 aromatic carbocycles. The summed E-state index contributed by atoms with van der Waals surface area (Å²) in [7, 11) is 1.56. The molecule has 0 bridgehead atoms. The predicted octanol–water partition coefficient (Wildman–Crippen LogP) is 3.52. The van der Waals surface area contributed by atoms with E-state index in [2.05, 4.69) is 10.6 Å². The second-order valence-electron chi connectivity index (χ2n) is 5.35. The summed E-state index contributed by atoms with van der Waals surface area (Å²) in [5.74, 6) is -0.587. The lowest BCUT2D eigenvalue weighted by molar-refractivity contribution is -0.119. The van der Waals surface area contributed by atoms with Gasteiger partial charge in [0.15, 0.2) is 0 Å². The van der Waals surface area contributed by atoms with Crippen LogP contribution in [0, 0.1) is 5.92 Å². The second-order valence-corrected chi connectivity index (χ2v) is 5.78. The number of nitrogens with one attached hydrogen (secondary N) is 2. The van der Waals surface area contributed by atoms with Crippen molar-refractivity contribution in [3.05, 3.63) is 64.7 Å². The second kappa shape index (κ2) is 7.79. The molecule has 2 rings (SSSR count). The largest absolute Gasteiger partial charge is 0.355 e. The number of benzene rings is 2. The molecule has 23 heavy (non-hydrogen) atoms. The molecule has 0 saturated carbocycles. The van der Waals surface area contributed by atoms with E-state index < -0.39 is 0 Å². The molecule has 4 nitrogen and oxygen atoms in total. The van der Waals surface area contributed by atoms with Gasteiger partial charge in [0, 0.05) is 18.0 Å². The van der Waals surface area contributed by atoms with Gasteiger partial charge in [-0.3, -0.25) is 9.59 Å². The average Bonchev–Trinajstić information content (AvgIpc) is 2.56. The zero-order valence-corrected chi connectivity index (χ0v) is 13.9. The van der Waals surface area contributed by atoms with E-state index in [1.165, 1.54) is 0 Å². The van der Waals surface area contributed by atoms with E-state index in [0.29, 0.717) is 22.7 Å². The summed E-state index contributed by atoms with van der Waals surface area (Å²) >= 11 is 5.86. The van der Waals surface area contributed by atoms with E-state index in [-0.39, 0.29) is 17.7 Å². The molecule has 0 aliphatic rings. The van der Waals surface area contributed by atoms with Gasteiger partial charge in [0.2, 0.25) is 5.91 Å². The van der Waals surface area contributed by atoms with Crippen molar-refractivity contribution in [2.24, 2.45) is 5.92 Å². The topological polar surface area (TPSA) is 58.2 Å². The Hall–Kier alpha value is -2.33. The molecule has 1 atom stereocenters. The fourth-order valence-corrected chi connectivity index (χ4v) is 2.37. The lowest BCUT2D eigenvalue weighted by atomic mass is 10.00. The van der Waals surface area contributed by atoms with E-state index >= 15 is 0 Å². The van der Waals surface area contributed by atoms with Crippen molar-refractivity contribution in [2.75, 3.05) is 12.4 Å². The van der Waals surface area contributed by atoms with Crippen LogP contribution in [-0.2, 0) is 11.2 Å². The van der Waals surface area contributed by atoms with Gasteiger partial charge in [0.25, 0.3) is 5.91 Å². The van der Waals surface area contributed by atoms with Crippen LogP contribution in [0.5, 0.6) is 0 Å². The van der Waals surface area contributed by atoms with Crippen molar-refractivity contribution >= 4 is 29.1 Å². The van der Waals surface area contributed by atoms with E-state index in [9.17, 15) is 9.59 Å². The number of anilines is 1. The Bertz CT molecular complexity index is 698. The molecular formula is C18H19ClN2O2. The number of rotatable bonds is 5. The van der Waals surface area contributed by atoms with Gasteiger partial charge in [0.1, 0.15) is 0 Å². The normalized spacial score (nSPS) is 11.6. The molecular weight excluding hydrogens is 312 g/mol. The number of hydrogen-bond donors (Lipinski definition) is 2. The van der Waals surface area contributed by atoms with Gasteiger partial charge < -0.3 is 10.6 Å². The maximum atomic E-state index is 12.4. The Kier molecular flexibility index (Phi) is 5.77. The summed E-state index contributed by atoms with van der Waals surface area (Å²) in [6, 6.07) is 14.4. The highest BCUT2D eigenvalue weighted by atomic mass is 35.5. The maximum Gasteiger partial charge on any atom is 0.253 e. The lowest BCUT2D eigenvalue weighted by Gasteiger charge is -2.14. The summed E-state index contributed by atoms with van der Waals surface area (Å²) in [5.41, 5.74) is 2.00. The number of carbonyl (C=O) groups is 2. The Balaban J connectivity index is 2.06. The summed E-state index contributed by atoms with van der Waals surface area (Å²) < 4.78 is 0.